The molecule has 0 aliphatic heterocycles. The minimum atomic E-state index is -0.215. The lowest BCUT2D eigenvalue weighted by Crippen LogP contribution is -2.05. The second-order valence-corrected chi connectivity index (χ2v) is 3.68. The van der Waals surface area contributed by atoms with Gasteiger partial charge in [0.25, 0.3) is 0 Å². The number of ether oxygens (including phenoxy) is 1. The van der Waals surface area contributed by atoms with E-state index >= 15 is 0 Å². The molecule has 0 aliphatic rings. The third-order valence-corrected chi connectivity index (χ3v) is 1.88. The summed E-state index contributed by atoms with van der Waals surface area (Å²) in [5, 5.41) is 0. The zero-order valence-corrected chi connectivity index (χ0v) is 9.84. The van der Waals surface area contributed by atoms with Gasteiger partial charge in [-0.2, -0.15) is 0 Å². The summed E-state index contributed by atoms with van der Waals surface area (Å²) < 4.78 is 4.76. The minimum Gasteiger partial charge on any atom is -0.466 e. The van der Waals surface area contributed by atoms with Crippen LogP contribution in [0.4, 0.5) is 0 Å². The van der Waals surface area contributed by atoms with Crippen molar-refractivity contribution in [2.75, 3.05) is 6.61 Å². The van der Waals surface area contributed by atoms with Crippen molar-refractivity contribution in [2.45, 2.75) is 46.5 Å². The van der Waals surface area contributed by atoms with Gasteiger partial charge in [-0.15, -0.1) is 0 Å². The van der Waals surface area contributed by atoms with Crippen LogP contribution in [-0.4, -0.2) is 18.4 Å². The van der Waals surface area contributed by atoms with Crippen molar-refractivity contribution >= 4 is 11.8 Å². The van der Waals surface area contributed by atoms with Gasteiger partial charge in [-0.25, -0.2) is 0 Å². The fourth-order valence-corrected chi connectivity index (χ4v) is 1.08. The first-order valence-electron chi connectivity index (χ1n) is 5.37. The Morgan fingerprint density at radius 3 is 2.40 bits per heavy atom. The quantitative estimate of drug-likeness (QED) is 0.481. The molecule has 0 unspecified atom stereocenters. The van der Waals surface area contributed by atoms with Crippen molar-refractivity contribution in [1.29, 1.82) is 0 Å². The van der Waals surface area contributed by atoms with Crippen LogP contribution in [-0.2, 0) is 14.3 Å². The predicted octanol–water partition coefficient (Wildman–Crippen LogP) is 2.65. The number of hydrogen-bond donors (Lipinski definition) is 0. The Morgan fingerprint density at radius 1 is 1.20 bits per heavy atom. The van der Waals surface area contributed by atoms with Crippen LogP contribution in [0.1, 0.15) is 46.5 Å². The van der Waals surface area contributed by atoms with Crippen molar-refractivity contribution in [1.82, 2.24) is 0 Å². The number of carbonyl (C=O) groups is 2. The molecule has 15 heavy (non-hydrogen) atoms. The van der Waals surface area contributed by atoms with Gasteiger partial charge < -0.3 is 4.74 Å². The Bertz CT molecular complexity index is 237. The van der Waals surface area contributed by atoms with Crippen LogP contribution in [0.25, 0.3) is 0 Å². The fraction of sp³-hybridized carbons (Fsp3) is 0.667. The zero-order chi connectivity index (χ0) is 11.7. The second-order valence-electron chi connectivity index (χ2n) is 3.68. The number of rotatable bonds is 7. The minimum absolute atomic E-state index is 0.181. The van der Waals surface area contributed by atoms with E-state index in [1.165, 1.54) is 0 Å². The number of hydrogen-bond acceptors (Lipinski definition) is 3. The first-order chi connectivity index (χ1) is 7.06. The maximum atomic E-state index is 11.3. The maximum absolute atomic E-state index is 11.3. The molecule has 86 valence electrons. The molecule has 0 radical (unpaired) electrons. The van der Waals surface area contributed by atoms with Crippen LogP contribution < -0.4 is 0 Å². The van der Waals surface area contributed by atoms with Crippen LogP contribution >= 0.6 is 0 Å². The Kier molecular flexibility index (Phi) is 7.60. The van der Waals surface area contributed by atoms with E-state index in [0.29, 0.717) is 32.3 Å². The molecule has 0 aromatic rings. The molecule has 3 nitrogen and oxygen atoms in total. The lowest BCUT2D eigenvalue weighted by atomic mass is 10.1. The maximum Gasteiger partial charge on any atom is 0.305 e. The first-order valence-corrected chi connectivity index (χ1v) is 5.37. The van der Waals surface area contributed by atoms with E-state index in [0.717, 1.165) is 5.57 Å². The number of ketones is 1. The van der Waals surface area contributed by atoms with Gasteiger partial charge in [0.1, 0.15) is 5.78 Å². The number of carbonyl (C=O) groups excluding carboxylic acids is 2. The Labute approximate surface area is 91.5 Å². The van der Waals surface area contributed by atoms with Crippen molar-refractivity contribution in [3.8, 4) is 0 Å². The topological polar surface area (TPSA) is 43.4 Å². The van der Waals surface area contributed by atoms with E-state index in [1.807, 2.05) is 19.9 Å². The fourth-order valence-electron chi connectivity index (χ4n) is 1.08. The monoisotopic (exact) mass is 212 g/mol. The summed E-state index contributed by atoms with van der Waals surface area (Å²) in [6, 6.07) is 0. The number of allylic oxidation sites excluding steroid dienone is 2. The van der Waals surface area contributed by atoms with Crippen molar-refractivity contribution in [2.24, 2.45) is 0 Å². The lowest BCUT2D eigenvalue weighted by molar-refractivity contribution is -0.143. The zero-order valence-electron chi connectivity index (χ0n) is 9.84. The van der Waals surface area contributed by atoms with E-state index in [9.17, 15) is 9.59 Å². The van der Waals surface area contributed by atoms with Crippen molar-refractivity contribution in [3.05, 3.63) is 11.6 Å². The Hall–Kier alpha value is -1.12. The highest BCUT2D eigenvalue weighted by molar-refractivity contribution is 5.80. The summed E-state index contributed by atoms with van der Waals surface area (Å²) in [4.78, 5) is 22.2. The summed E-state index contributed by atoms with van der Waals surface area (Å²) in [5.41, 5.74) is 1.15. The van der Waals surface area contributed by atoms with Crippen LogP contribution in [0.5, 0.6) is 0 Å². The van der Waals surface area contributed by atoms with Gasteiger partial charge in [-0.3, -0.25) is 9.59 Å². The van der Waals surface area contributed by atoms with Crippen molar-refractivity contribution in [3.63, 3.8) is 0 Å². The second kappa shape index (κ2) is 8.21. The van der Waals surface area contributed by atoms with Gasteiger partial charge in [0.15, 0.2) is 0 Å². The molecule has 0 rings (SSSR count). The molecule has 0 saturated heterocycles. The van der Waals surface area contributed by atoms with E-state index in [2.05, 4.69) is 0 Å². The van der Waals surface area contributed by atoms with Gasteiger partial charge in [0.05, 0.1) is 6.61 Å². The number of Topliss-reactive ketones (excluding diaryl/α,β-unsaturated/α-hetero) is 1. The molecule has 0 bridgehead atoms. The lowest BCUT2D eigenvalue weighted by Gasteiger charge is -2.00. The van der Waals surface area contributed by atoms with Crippen molar-refractivity contribution < 1.29 is 14.3 Å². The Balaban J connectivity index is 3.55. The highest BCUT2D eigenvalue weighted by Crippen LogP contribution is 2.03. The van der Waals surface area contributed by atoms with Gasteiger partial charge >= 0.3 is 5.97 Å². The molecule has 0 spiro atoms. The molecule has 0 saturated carbocycles. The highest BCUT2D eigenvalue weighted by atomic mass is 16.5. The van der Waals surface area contributed by atoms with Crippen LogP contribution in [0.2, 0.25) is 0 Å². The molecule has 3 heteroatoms. The molecular formula is C12H20O3. The number of esters is 1. The average Bonchev–Trinajstić information content (AvgIpc) is 2.15. The summed E-state index contributed by atoms with van der Waals surface area (Å²) >= 11 is 0. The average molecular weight is 212 g/mol. The highest BCUT2D eigenvalue weighted by Gasteiger charge is 2.04. The van der Waals surface area contributed by atoms with E-state index in [4.69, 9.17) is 4.74 Å². The molecule has 0 fully saturated rings. The van der Waals surface area contributed by atoms with Gasteiger partial charge in [0, 0.05) is 19.3 Å². The van der Waals surface area contributed by atoms with E-state index in [1.54, 1.807) is 6.92 Å². The first kappa shape index (κ1) is 13.9. The normalized spacial score (nSPS) is 9.53. The van der Waals surface area contributed by atoms with Gasteiger partial charge in [-0.1, -0.05) is 11.6 Å². The molecule has 0 aromatic heterocycles. The third kappa shape index (κ3) is 9.19. The Morgan fingerprint density at radius 2 is 1.87 bits per heavy atom. The molecule has 0 atom stereocenters. The summed E-state index contributed by atoms with van der Waals surface area (Å²) in [6.07, 6.45) is 3.78. The van der Waals surface area contributed by atoms with Gasteiger partial charge in [0.2, 0.25) is 0 Å². The van der Waals surface area contributed by atoms with E-state index in [-0.39, 0.29) is 11.8 Å². The van der Waals surface area contributed by atoms with Crippen LogP contribution in [0.3, 0.4) is 0 Å². The largest absolute Gasteiger partial charge is 0.466 e. The summed E-state index contributed by atoms with van der Waals surface area (Å²) in [6.45, 7) is 6.11. The smallest absolute Gasteiger partial charge is 0.305 e. The van der Waals surface area contributed by atoms with Crippen LogP contribution in [0, 0.1) is 0 Å². The molecule has 0 aromatic carbocycles. The summed E-state index contributed by atoms with van der Waals surface area (Å²) in [7, 11) is 0. The standard InChI is InChI=1S/C12H20O3/c1-4-15-12(14)7-5-6-11(13)9-8-10(2)3/h8H,4-7,9H2,1-3H3. The molecule has 0 N–H and O–H groups in total. The molecule has 0 amide bonds. The summed E-state index contributed by atoms with van der Waals surface area (Å²) in [5.74, 6) is -0.0342. The van der Waals surface area contributed by atoms with Crippen LogP contribution in [0.15, 0.2) is 11.6 Å². The molecule has 0 heterocycles. The molecule has 0 aliphatic carbocycles. The van der Waals surface area contributed by atoms with Gasteiger partial charge in [-0.05, 0) is 27.2 Å². The third-order valence-electron chi connectivity index (χ3n) is 1.88. The molecular weight excluding hydrogens is 192 g/mol. The predicted molar refractivity (Wildman–Crippen MR) is 59.5 cm³/mol. The van der Waals surface area contributed by atoms with E-state index < -0.39 is 0 Å². The SMILES string of the molecule is CCOC(=O)CCCC(=O)CC=C(C)C.